The molecular weight excluding hydrogens is 494 g/mol. The maximum atomic E-state index is 13.6. The Kier molecular flexibility index (Phi) is 7.84. The molecule has 3 atom stereocenters. The predicted octanol–water partition coefficient (Wildman–Crippen LogP) is 4.77. The van der Waals surface area contributed by atoms with Gasteiger partial charge in [-0.25, -0.2) is 4.79 Å². The highest BCUT2D eigenvalue weighted by molar-refractivity contribution is 5.92. The molecule has 3 amide bonds. The number of benzene rings is 3. The highest BCUT2D eigenvalue weighted by atomic mass is 16.7. The summed E-state index contributed by atoms with van der Waals surface area (Å²) in [5.74, 6) is -0.0108. The highest BCUT2D eigenvalue weighted by Crippen LogP contribution is 2.30. The molecule has 2 saturated heterocycles. The average molecular weight is 530 g/mol. The van der Waals surface area contributed by atoms with Crippen LogP contribution in [0.2, 0.25) is 0 Å². The van der Waals surface area contributed by atoms with E-state index < -0.39 is 24.4 Å². The lowest BCUT2D eigenvalue weighted by Crippen LogP contribution is -2.73. The van der Waals surface area contributed by atoms with Gasteiger partial charge in [0.25, 0.3) is 5.91 Å². The van der Waals surface area contributed by atoms with Gasteiger partial charge in [0.05, 0.1) is 6.54 Å². The summed E-state index contributed by atoms with van der Waals surface area (Å²) in [6, 6.07) is 22.6. The van der Waals surface area contributed by atoms with E-state index in [9.17, 15) is 14.4 Å². The van der Waals surface area contributed by atoms with Crippen LogP contribution in [0.25, 0.3) is 10.8 Å². The summed E-state index contributed by atoms with van der Waals surface area (Å²) < 4.78 is 5.77. The zero-order chi connectivity index (χ0) is 27.5. The smallest absolute Gasteiger partial charge is 0.436 e. The zero-order valence-corrected chi connectivity index (χ0v) is 22.7. The number of nitrogens with zero attached hydrogens (tertiary/aromatic N) is 3. The Labute approximate surface area is 229 Å². The lowest BCUT2D eigenvalue weighted by molar-refractivity contribution is -0.266. The van der Waals surface area contributed by atoms with E-state index in [-0.39, 0.29) is 31.4 Å². The van der Waals surface area contributed by atoms with Crippen LogP contribution in [0, 0.1) is 5.92 Å². The van der Waals surface area contributed by atoms with Crippen molar-refractivity contribution < 1.29 is 24.0 Å². The fourth-order valence-electron chi connectivity index (χ4n) is 5.31. The zero-order valence-electron chi connectivity index (χ0n) is 22.7. The van der Waals surface area contributed by atoms with Crippen LogP contribution in [0.3, 0.4) is 0 Å². The van der Waals surface area contributed by atoms with Crippen molar-refractivity contribution in [2.75, 3.05) is 13.1 Å². The fourth-order valence-corrected chi connectivity index (χ4v) is 5.31. The van der Waals surface area contributed by atoms with Gasteiger partial charge >= 0.3 is 6.09 Å². The first-order chi connectivity index (χ1) is 18.8. The van der Waals surface area contributed by atoms with Crippen molar-refractivity contribution in [3.05, 3.63) is 83.9 Å². The summed E-state index contributed by atoms with van der Waals surface area (Å²) in [6.07, 6.45) is -1.32. The lowest BCUT2D eigenvalue weighted by atomic mass is 10.0. The van der Waals surface area contributed by atoms with Crippen molar-refractivity contribution in [3.8, 4) is 0 Å². The van der Waals surface area contributed by atoms with E-state index in [1.807, 2.05) is 72.8 Å². The minimum Gasteiger partial charge on any atom is -0.443 e. The van der Waals surface area contributed by atoms with Gasteiger partial charge in [-0.3, -0.25) is 14.4 Å². The summed E-state index contributed by atoms with van der Waals surface area (Å²) in [4.78, 5) is 49.8. The third-order valence-electron chi connectivity index (χ3n) is 7.48. The van der Waals surface area contributed by atoms with Gasteiger partial charge in [0.15, 0.2) is 12.3 Å². The molecule has 0 bridgehead atoms. The van der Waals surface area contributed by atoms with E-state index in [1.54, 1.807) is 11.8 Å². The first-order valence-corrected chi connectivity index (χ1v) is 13.6. The standard InChI is InChI=1S/C31H35N3O5/c1-21(2)16-17-32-19-28-33(22(3)29(32)35)30(36)27(18-23-10-5-4-6-11-23)39-34(28)31(37)38-20-25-14-9-13-24-12-7-8-15-26(24)25/h4-15,21-22,27-28H,16-20H2,1-3H3/t22-,27?,28?/m0/s1. The minimum absolute atomic E-state index is 0.0512. The minimum atomic E-state index is -0.953. The quantitative estimate of drug-likeness (QED) is 0.441. The van der Waals surface area contributed by atoms with Gasteiger partial charge < -0.3 is 14.5 Å². The van der Waals surface area contributed by atoms with Gasteiger partial charge in [0.1, 0.15) is 12.6 Å². The van der Waals surface area contributed by atoms with Gasteiger partial charge in [0, 0.05) is 13.0 Å². The lowest BCUT2D eigenvalue weighted by Gasteiger charge is -2.51. The van der Waals surface area contributed by atoms with E-state index >= 15 is 0 Å². The molecule has 3 aromatic rings. The molecule has 0 saturated carbocycles. The van der Waals surface area contributed by atoms with Gasteiger partial charge in [0.2, 0.25) is 5.91 Å². The fraction of sp³-hybridized carbons (Fsp3) is 0.387. The maximum Gasteiger partial charge on any atom is 0.436 e. The molecular formula is C31H35N3O5. The largest absolute Gasteiger partial charge is 0.443 e. The number of amides is 3. The molecule has 8 heteroatoms. The molecule has 0 radical (unpaired) electrons. The number of rotatable bonds is 7. The summed E-state index contributed by atoms with van der Waals surface area (Å²) >= 11 is 0. The molecule has 39 heavy (non-hydrogen) atoms. The van der Waals surface area contributed by atoms with Crippen molar-refractivity contribution >= 4 is 28.7 Å². The van der Waals surface area contributed by atoms with E-state index in [1.165, 1.54) is 9.96 Å². The van der Waals surface area contributed by atoms with Crippen LogP contribution in [0.4, 0.5) is 4.79 Å². The Morgan fingerprint density at radius 3 is 2.46 bits per heavy atom. The Balaban J connectivity index is 1.40. The molecule has 2 aliphatic rings. The molecule has 0 spiro atoms. The van der Waals surface area contributed by atoms with Crippen molar-refractivity contribution in [2.45, 2.75) is 58.5 Å². The van der Waals surface area contributed by atoms with Crippen molar-refractivity contribution in [1.82, 2.24) is 14.9 Å². The molecule has 0 N–H and O–H groups in total. The van der Waals surface area contributed by atoms with Crippen molar-refractivity contribution in [1.29, 1.82) is 0 Å². The van der Waals surface area contributed by atoms with Crippen LogP contribution in [-0.2, 0) is 32.2 Å². The number of hydrogen-bond acceptors (Lipinski definition) is 5. The molecule has 3 aromatic carbocycles. The average Bonchev–Trinajstić information content (AvgIpc) is 2.94. The van der Waals surface area contributed by atoms with Gasteiger partial charge in [-0.2, -0.15) is 5.06 Å². The number of hydrogen-bond donors (Lipinski definition) is 0. The number of hydroxylamine groups is 2. The Morgan fingerprint density at radius 2 is 1.69 bits per heavy atom. The number of carbonyl (C=O) groups is 3. The Bertz CT molecular complexity index is 1340. The molecule has 5 rings (SSSR count). The van der Waals surface area contributed by atoms with Crippen molar-refractivity contribution in [2.24, 2.45) is 5.92 Å². The molecule has 2 heterocycles. The molecule has 2 unspecified atom stereocenters. The SMILES string of the molecule is CC(C)CCN1CC2N(C(=O)OCc3cccc4ccccc34)OC(Cc3ccccc3)C(=O)N2[C@@H](C)C1=O. The molecule has 8 nitrogen and oxygen atoms in total. The van der Waals surface area contributed by atoms with Crippen LogP contribution in [-0.4, -0.2) is 64.2 Å². The second-order valence-corrected chi connectivity index (χ2v) is 10.7. The molecule has 2 fully saturated rings. The predicted molar refractivity (Wildman–Crippen MR) is 147 cm³/mol. The normalized spacial score (nSPS) is 21.4. The second kappa shape index (κ2) is 11.5. The molecule has 2 aliphatic heterocycles. The third-order valence-corrected chi connectivity index (χ3v) is 7.48. The Morgan fingerprint density at radius 1 is 0.974 bits per heavy atom. The topological polar surface area (TPSA) is 79.4 Å². The van der Waals surface area contributed by atoms with Crippen LogP contribution in [0.5, 0.6) is 0 Å². The van der Waals surface area contributed by atoms with Gasteiger partial charge in [-0.15, -0.1) is 0 Å². The van der Waals surface area contributed by atoms with E-state index in [0.717, 1.165) is 28.3 Å². The summed E-state index contributed by atoms with van der Waals surface area (Å²) in [5.41, 5.74) is 1.77. The van der Waals surface area contributed by atoms with E-state index in [0.29, 0.717) is 12.5 Å². The molecule has 0 aliphatic carbocycles. The summed E-state index contributed by atoms with van der Waals surface area (Å²) in [6.45, 7) is 6.69. The van der Waals surface area contributed by atoms with E-state index in [2.05, 4.69) is 13.8 Å². The third kappa shape index (κ3) is 5.61. The van der Waals surface area contributed by atoms with Crippen LogP contribution >= 0.6 is 0 Å². The van der Waals surface area contributed by atoms with Gasteiger partial charge in [-0.05, 0) is 41.2 Å². The monoisotopic (exact) mass is 529 g/mol. The molecule has 0 aromatic heterocycles. The highest BCUT2D eigenvalue weighted by Gasteiger charge is 2.52. The van der Waals surface area contributed by atoms with Crippen LogP contribution in [0.15, 0.2) is 72.8 Å². The summed E-state index contributed by atoms with van der Waals surface area (Å²) in [5, 5.41) is 3.23. The molecule has 204 valence electrons. The van der Waals surface area contributed by atoms with Crippen molar-refractivity contribution in [3.63, 3.8) is 0 Å². The van der Waals surface area contributed by atoms with Crippen LogP contribution in [0.1, 0.15) is 38.3 Å². The second-order valence-electron chi connectivity index (χ2n) is 10.7. The Hall–Kier alpha value is -3.91. The van der Waals surface area contributed by atoms with E-state index in [4.69, 9.17) is 9.57 Å². The van der Waals surface area contributed by atoms with Crippen LogP contribution < -0.4 is 0 Å². The van der Waals surface area contributed by atoms with Gasteiger partial charge in [-0.1, -0.05) is 86.6 Å². The summed E-state index contributed by atoms with van der Waals surface area (Å²) in [7, 11) is 0. The first-order valence-electron chi connectivity index (χ1n) is 13.6. The number of piperazine rings is 1. The first kappa shape index (κ1) is 26.7. The number of fused-ring (bicyclic) bond motifs is 2. The maximum absolute atomic E-state index is 13.6. The number of ether oxygens (including phenoxy) is 1. The number of carbonyl (C=O) groups excluding carboxylic acids is 3.